The Labute approximate surface area is 168 Å². The van der Waals surface area contributed by atoms with Gasteiger partial charge in [-0.1, -0.05) is 17.7 Å². The maximum atomic E-state index is 12.8. The normalized spacial score (nSPS) is 15.2. The first-order valence-electron chi connectivity index (χ1n) is 8.87. The van der Waals surface area contributed by atoms with Gasteiger partial charge in [0, 0.05) is 26.2 Å². The third kappa shape index (κ3) is 4.12. The third-order valence-corrected chi connectivity index (χ3v) is 5.11. The number of nitrogens with zero attached hydrogens (tertiary/aromatic N) is 6. The third-order valence-electron chi connectivity index (χ3n) is 4.80. The molecule has 3 aromatic rings. The van der Waals surface area contributed by atoms with Gasteiger partial charge in [-0.15, -0.1) is 15.3 Å². The van der Waals surface area contributed by atoms with Gasteiger partial charge in [-0.05, 0) is 29.8 Å². The van der Waals surface area contributed by atoms with Crippen LogP contribution in [-0.2, 0) is 17.4 Å². The number of aromatic nitrogens is 4. The van der Waals surface area contributed by atoms with Crippen LogP contribution in [0.5, 0.6) is 0 Å². The first-order chi connectivity index (χ1) is 13.8. The van der Waals surface area contributed by atoms with E-state index in [1.165, 1.54) is 18.5 Å². The van der Waals surface area contributed by atoms with Crippen LogP contribution in [0.3, 0.4) is 0 Å². The van der Waals surface area contributed by atoms with Crippen molar-refractivity contribution >= 4 is 29.0 Å². The van der Waals surface area contributed by atoms with Crippen LogP contribution in [0.15, 0.2) is 36.7 Å². The van der Waals surface area contributed by atoms with E-state index in [4.69, 9.17) is 11.6 Å². The fourth-order valence-electron chi connectivity index (χ4n) is 3.26. The molecule has 3 heterocycles. The number of carbonyl (C=O) groups excluding carboxylic acids is 1. The van der Waals surface area contributed by atoms with Crippen LogP contribution in [0.1, 0.15) is 11.1 Å². The zero-order valence-corrected chi connectivity index (χ0v) is 15.9. The van der Waals surface area contributed by atoms with E-state index in [9.17, 15) is 18.0 Å². The quantitative estimate of drug-likeness (QED) is 0.646. The first kappa shape index (κ1) is 19.4. The Morgan fingerprint density at radius 1 is 1.10 bits per heavy atom. The predicted octanol–water partition coefficient (Wildman–Crippen LogP) is 2.69. The molecule has 1 aliphatic rings. The predicted molar refractivity (Wildman–Crippen MR) is 99.7 cm³/mol. The molecule has 152 valence electrons. The molecule has 1 saturated heterocycles. The van der Waals surface area contributed by atoms with E-state index in [1.54, 1.807) is 9.42 Å². The Kier molecular flexibility index (Phi) is 5.03. The zero-order valence-electron chi connectivity index (χ0n) is 15.1. The van der Waals surface area contributed by atoms with Gasteiger partial charge in [0.25, 0.3) is 0 Å². The molecule has 1 fully saturated rings. The second-order valence-electron chi connectivity index (χ2n) is 6.68. The fraction of sp³-hybridized carbons (Fsp3) is 0.333. The highest BCUT2D eigenvalue weighted by Crippen LogP contribution is 2.35. The number of piperazine rings is 1. The Hall–Kier alpha value is -2.88. The van der Waals surface area contributed by atoms with Gasteiger partial charge >= 0.3 is 6.18 Å². The SMILES string of the molecule is O=C(Cc1ccc(C(F)(F)F)c(Cl)c1)N1CCN(c2ccc3nncn3n2)CC1. The van der Waals surface area contributed by atoms with Gasteiger partial charge in [0.15, 0.2) is 5.65 Å². The maximum absolute atomic E-state index is 12.8. The van der Waals surface area contributed by atoms with Crippen molar-refractivity contribution in [2.75, 3.05) is 31.1 Å². The van der Waals surface area contributed by atoms with Crippen molar-refractivity contribution in [3.8, 4) is 0 Å². The molecule has 7 nitrogen and oxygen atoms in total. The molecule has 0 unspecified atom stereocenters. The summed E-state index contributed by atoms with van der Waals surface area (Å²) in [6, 6.07) is 7.08. The van der Waals surface area contributed by atoms with Crippen LogP contribution in [-0.4, -0.2) is 56.8 Å². The molecule has 0 radical (unpaired) electrons. The van der Waals surface area contributed by atoms with Gasteiger partial charge in [-0.3, -0.25) is 4.79 Å². The van der Waals surface area contributed by atoms with Crippen LogP contribution < -0.4 is 4.90 Å². The number of benzene rings is 1. The van der Waals surface area contributed by atoms with Crippen LogP contribution >= 0.6 is 11.6 Å². The van der Waals surface area contributed by atoms with Crippen LogP contribution in [0.25, 0.3) is 5.65 Å². The first-order valence-corrected chi connectivity index (χ1v) is 9.24. The van der Waals surface area contributed by atoms with Gasteiger partial charge in [0.2, 0.25) is 5.91 Å². The number of anilines is 1. The lowest BCUT2D eigenvalue weighted by atomic mass is 10.1. The van der Waals surface area contributed by atoms with Gasteiger partial charge < -0.3 is 9.80 Å². The van der Waals surface area contributed by atoms with Crippen molar-refractivity contribution in [2.24, 2.45) is 0 Å². The molecule has 0 bridgehead atoms. The van der Waals surface area contributed by atoms with E-state index in [0.717, 1.165) is 11.9 Å². The summed E-state index contributed by atoms with van der Waals surface area (Å²) in [5.74, 6) is 0.613. The van der Waals surface area contributed by atoms with Crippen molar-refractivity contribution in [1.82, 2.24) is 24.7 Å². The largest absolute Gasteiger partial charge is 0.417 e. The molecular formula is C18H16ClF3N6O. The van der Waals surface area contributed by atoms with Crippen molar-refractivity contribution in [1.29, 1.82) is 0 Å². The molecule has 0 N–H and O–H groups in total. The summed E-state index contributed by atoms with van der Waals surface area (Å²) in [7, 11) is 0. The minimum Gasteiger partial charge on any atom is -0.352 e. The molecule has 2 aromatic heterocycles. The summed E-state index contributed by atoms with van der Waals surface area (Å²) in [5, 5.41) is 11.7. The Balaban J connectivity index is 1.37. The van der Waals surface area contributed by atoms with Gasteiger partial charge in [0.05, 0.1) is 17.0 Å². The molecule has 0 atom stereocenters. The molecule has 4 rings (SSSR count). The van der Waals surface area contributed by atoms with E-state index in [2.05, 4.69) is 20.2 Å². The lowest BCUT2D eigenvalue weighted by Crippen LogP contribution is -2.49. The summed E-state index contributed by atoms with van der Waals surface area (Å²) < 4.78 is 40.0. The molecule has 1 aromatic carbocycles. The summed E-state index contributed by atoms with van der Waals surface area (Å²) in [6.07, 6.45) is -2.99. The van der Waals surface area contributed by atoms with Crippen molar-refractivity contribution in [2.45, 2.75) is 12.6 Å². The topological polar surface area (TPSA) is 66.6 Å². The minimum atomic E-state index is -4.51. The van der Waals surface area contributed by atoms with Gasteiger partial charge in [0.1, 0.15) is 12.1 Å². The second kappa shape index (κ2) is 7.51. The summed E-state index contributed by atoms with van der Waals surface area (Å²) in [5.41, 5.74) is 0.203. The molecule has 0 saturated carbocycles. The summed E-state index contributed by atoms with van der Waals surface area (Å²) >= 11 is 5.73. The van der Waals surface area contributed by atoms with Crippen molar-refractivity contribution < 1.29 is 18.0 Å². The number of carbonyl (C=O) groups is 1. The average Bonchev–Trinajstić information content (AvgIpc) is 3.15. The summed E-state index contributed by atoms with van der Waals surface area (Å²) in [4.78, 5) is 16.3. The van der Waals surface area contributed by atoms with Crippen LogP contribution in [0, 0.1) is 0 Å². The number of hydrogen-bond donors (Lipinski definition) is 0. The fourth-order valence-corrected chi connectivity index (χ4v) is 3.57. The highest BCUT2D eigenvalue weighted by Gasteiger charge is 2.33. The molecule has 1 aliphatic heterocycles. The van der Waals surface area contributed by atoms with Crippen molar-refractivity contribution in [3.63, 3.8) is 0 Å². The number of rotatable bonds is 3. The Bertz CT molecular complexity index is 1050. The second-order valence-corrected chi connectivity index (χ2v) is 7.09. The lowest BCUT2D eigenvalue weighted by molar-refractivity contribution is -0.137. The van der Waals surface area contributed by atoms with E-state index in [0.29, 0.717) is 37.4 Å². The highest BCUT2D eigenvalue weighted by molar-refractivity contribution is 6.31. The molecule has 11 heteroatoms. The van der Waals surface area contributed by atoms with Crippen LogP contribution in [0.2, 0.25) is 5.02 Å². The molecular weight excluding hydrogens is 409 g/mol. The lowest BCUT2D eigenvalue weighted by Gasteiger charge is -2.35. The number of hydrogen-bond acceptors (Lipinski definition) is 5. The van der Waals surface area contributed by atoms with E-state index < -0.39 is 16.8 Å². The number of alkyl halides is 3. The smallest absolute Gasteiger partial charge is 0.352 e. The Morgan fingerprint density at radius 2 is 1.86 bits per heavy atom. The highest BCUT2D eigenvalue weighted by atomic mass is 35.5. The minimum absolute atomic E-state index is 0.00275. The van der Waals surface area contributed by atoms with Crippen LogP contribution in [0.4, 0.5) is 19.0 Å². The standard InChI is InChI=1S/C18H16ClF3N6O/c19-14-9-12(1-2-13(14)18(20,21)22)10-17(29)27-7-5-26(6-8-27)16-4-3-15-24-23-11-28(15)25-16/h1-4,9,11H,5-8,10H2. The monoisotopic (exact) mass is 424 g/mol. The van der Waals surface area contributed by atoms with Crippen molar-refractivity contribution in [3.05, 3.63) is 52.8 Å². The molecule has 0 aliphatic carbocycles. The number of amides is 1. The molecule has 1 amide bonds. The maximum Gasteiger partial charge on any atom is 0.417 e. The average molecular weight is 425 g/mol. The molecule has 29 heavy (non-hydrogen) atoms. The van der Waals surface area contributed by atoms with Gasteiger partial charge in [-0.2, -0.15) is 17.7 Å². The number of halogens is 4. The van der Waals surface area contributed by atoms with E-state index >= 15 is 0 Å². The molecule has 0 spiro atoms. The van der Waals surface area contributed by atoms with E-state index in [1.807, 2.05) is 12.1 Å². The summed E-state index contributed by atoms with van der Waals surface area (Å²) in [6.45, 7) is 2.18. The zero-order chi connectivity index (χ0) is 20.6. The number of fused-ring (bicyclic) bond motifs is 1. The van der Waals surface area contributed by atoms with Gasteiger partial charge in [-0.25, -0.2) is 0 Å². The van der Waals surface area contributed by atoms with E-state index in [-0.39, 0.29) is 12.3 Å². The Morgan fingerprint density at radius 3 is 2.55 bits per heavy atom.